The Morgan fingerprint density at radius 3 is 2.85 bits per heavy atom. The zero-order valence-corrected chi connectivity index (χ0v) is 11.5. The highest BCUT2D eigenvalue weighted by Crippen LogP contribution is 2.13. The van der Waals surface area contributed by atoms with E-state index < -0.39 is 0 Å². The molecular formula is C15H17FN4. The highest BCUT2D eigenvalue weighted by molar-refractivity contribution is 5.32. The van der Waals surface area contributed by atoms with Gasteiger partial charge >= 0.3 is 0 Å². The van der Waals surface area contributed by atoms with Gasteiger partial charge in [0.25, 0.3) is 0 Å². The van der Waals surface area contributed by atoms with Gasteiger partial charge < -0.3 is 5.32 Å². The third-order valence-electron chi connectivity index (χ3n) is 3.46. The highest BCUT2D eigenvalue weighted by Gasteiger charge is 2.14. The number of hydrogen-bond donors (Lipinski definition) is 1. The monoisotopic (exact) mass is 272 g/mol. The van der Waals surface area contributed by atoms with Crippen molar-refractivity contribution in [3.63, 3.8) is 0 Å². The minimum absolute atomic E-state index is 0.143. The fourth-order valence-corrected chi connectivity index (χ4v) is 1.95. The molecule has 1 N–H and O–H groups in total. The summed E-state index contributed by atoms with van der Waals surface area (Å²) in [5.74, 6) is -0.351. The van der Waals surface area contributed by atoms with E-state index in [0.29, 0.717) is 17.7 Å². The predicted octanol–water partition coefficient (Wildman–Crippen LogP) is 2.63. The average Bonchev–Trinajstić information content (AvgIpc) is 2.98. The largest absolute Gasteiger partial charge is 0.308 e. The fraction of sp³-hybridized carbons (Fsp3) is 0.333. The van der Waals surface area contributed by atoms with Crippen LogP contribution < -0.4 is 5.32 Å². The molecule has 0 spiro atoms. The number of hydrogen-bond acceptors (Lipinski definition) is 3. The summed E-state index contributed by atoms with van der Waals surface area (Å²) in [6, 6.07) is 8.65. The molecular weight excluding hydrogens is 255 g/mol. The molecule has 0 aliphatic carbocycles. The number of nitriles is 1. The van der Waals surface area contributed by atoms with Crippen LogP contribution in [0.5, 0.6) is 0 Å². The van der Waals surface area contributed by atoms with Gasteiger partial charge in [0.1, 0.15) is 5.82 Å². The molecule has 2 rings (SSSR count). The van der Waals surface area contributed by atoms with Gasteiger partial charge in [0.05, 0.1) is 17.7 Å². The van der Waals surface area contributed by atoms with E-state index in [9.17, 15) is 4.39 Å². The molecule has 1 heterocycles. The van der Waals surface area contributed by atoms with E-state index in [1.54, 1.807) is 18.3 Å². The van der Waals surface area contributed by atoms with E-state index in [0.717, 1.165) is 0 Å². The standard InChI is InChI=1S/C15H17FN4/c1-11(12(2)20-7-3-6-19-20)18-10-14-5-4-13(9-17)8-15(14)16/h3-8,11-12,18H,10H2,1-2H3/t11-,12-/m1/s1. The van der Waals surface area contributed by atoms with Gasteiger partial charge in [-0.05, 0) is 32.0 Å². The molecule has 0 aliphatic heterocycles. The zero-order valence-electron chi connectivity index (χ0n) is 11.5. The van der Waals surface area contributed by atoms with Crippen molar-refractivity contribution in [2.24, 2.45) is 0 Å². The van der Waals surface area contributed by atoms with Crippen LogP contribution in [0.15, 0.2) is 36.7 Å². The Morgan fingerprint density at radius 1 is 1.45 bits per heavy atom. The maximum atomic E-state index is 13.8. The Bertz CT molecular complexity index is 601. The lowest BCUT2D eigenvalue weighted by molar-refractivity contribution is 0.363. The first-order valence-electron chi connectivity index (χ1n) is 6.53. The second kappa shape index (κ2) is 6.31. The summed E-state index contributed by atoms with van der Waals surface area (Å²) in [6.07, 6.45) is 3.65. The quantitative estimate of drug-likeness (QED) is 0.910. The fourth-order valence-electron chi connectivity index (χ4n) is 1.95. The summed E-state index contributed by atoms with van der Waals surface area (Å²) >= 11 is 0. The normalized spacial score (nSPS) is 13.7. The summed E-state index contributed by atoms with van der Waals surface area (Å²) in [7, 11) is 0. The Kier molecular flexibility index (Phi) is 4.49. The smallest absolute Gasteiger partial charge is 0.129 e. The Hall–Kier alpha value is -2.19. The summed E-state index contributed by atoms with van der Waals surface area (Å²) < 4.78 is 15.6. The van der Waals surface area contributed by atoms with E-state index in [1.807, 2.05) is 29.9 Å². The molecule has 0 radical (unpaired) electrons. The maximum absolute atomic E-state index is 13.8. The SMILES string of the molecule is C[C@H]([C@@H](C)NCc1ccc(C#N)cc1F)n1cccn1. The highest BCUT2D eigenvalue weighted by atomic mass is 19.1. The van der Waals surface area contributed by atoms with Gasteiger partial charge in [0.2, 0.25) is 0 Å². The first kappa shape index (κ1) is 14.2. The summed E-state index contributed by atoms with van der Waals surface area (Å²) in [4.78, 5) is 0. The van der Waals surface area contributed by atoms with Crippen LogP contribution in [0.2, 0.25) is 0 Å². The molecule has 4 nitrogen and oxygen atoms in total. The molecule has 5 heteroatoms. The third-order valence-corrected chi connectivity index (χ3v) is 3.46. The van der Waals surface area contributed by atoms with Crippen LogP contribution in [0.25, 0.3) is 0 Å². The molecule has 0 fully saturated rings. The average molecular weight is 272 g/mol. The van der Waals surface area contributed by atoms with Crippen LogP contribution >= 0.6 is 0 Å². The third kappa shape index (κ3) is 3.22. The van der Waals surface area contributed by atoms with Gasteiger partial charge in [-0.15, -0.1) is 0 Å². The van der Waals surface area contributed by atoms with Crippen LogP contribution in [0.3, 0.4) is 0 Å². The molecule has 1 aromatic carbocycles. The molecule has 0 saturated heterocycles. The number of nitrogens with zero attached hydrogens (tertiary/aromatic N) is 3. The predicted molar refractivity (Wildman–Crippen MR) is 74.4 cm³/mol. The van der Waals surface area contributed by atoms with Gasteiger partial charge in [-0.1, -0.05) is 6.07 Å². The van der Waals surface area contributed by atoms with Crippen molar-refractivity contribution in [2.45, 2.75) is 32.5 Å². The van der Waals surface area contributed by atoms with Gasteiger partial charge in [0.15, 0.2) is 0 Å². The molecule has 2 atom stereocenters. The van der Waals surface area contributed by atoms with Crippen molar-refractivity contribution in [1.29, 1.82) is 5.26 Å². The van der Waals surface area contributed by atoms with Crippen molar-refractivity contribution in [2.75, 3.05) is 0 Å². The van der Waals surface area contributed by atoms with Crippen molar-refractivity contribution in [3.05, 3.63) is 53.6 Å². The second-order valence-corrected chi connectivity index (χ2v) is 4.81. The molecule has 0 aliphatic rings. The lowest BCUT2D eigenvalue weighted by atomic mass is 10.1. The summed E-state index contributed by atoms with van der Waals surface area (Å²) in [5.41, 5.74) is 0.896. The summed E-state index contributed by atoms with van der Waals surface area (Å²) in [6.45, 7) is 4.51. The van der Waals surface area contributed by atoms with Crippen LogP contribution in [0.1, 0.15) is 31.0 Å². The van der Waals surface area contributed by atoms with E-state index in [-0.39, 0.29) is 17.9 Å². The maximum Gasteiger partial charge on any atom is 0.129 e. The number of benzene rings is 1. The van der Waals surface area contributed by atoms with Crippen molar-refractivity contribution < 1.29 is 4.39 Å². The Balaban J connectivity index is 1.97. The first-order chi connectivity index (χ1) is 9.61. The topological polar surface area (TPSA) is 53.6 Å². The second-order valence-electron chi connectivity index (χ2n) is 4.81. The van der Waals surface area contributed by atoms with Crippen LogP contribution in [-0.2, 0) is 6.54 Å². The first-order valence-corrected chi connectivity index (χ1v) is 6.53. The van der Waals surface area contributed by atoms with Crippen LogP contribution in [-0.4, -0.2) is 15.8 Å². The van der Waals surface area contributed by atoms with E-state index in [2.05, 4.69) is 17.3 Å². The number of halogens is 1. The van der Waals surface area contributed by atoms with Gasteiger partial charge in [-0.2, -0.15) is 10.4 Å². The van der Waals surface area contributed by atoms with E-state index in [4.69, 9.17) is 5.26 Å². The molecule has 2 aromatic rings. The molecule has 0 unspecified atom stereocenters. The minimum Gasteiger partial charge on any atom is -0.308 e. The lowest BCUT2D eigenvalue weighted by Gasteiger charge is -2.22. The summed E-state index contributed by atoms with van der Waals surface area (Å²) in [5, 5.41) is 16.2. The minimum atomic E-state index is -0.351. The molecule has 0 saturated carbocycles. The molecule has 104 valence electrons. The van der Waals surface area contributed by atoms with Crippen LogP contribution in [0.4, 0.5) is 4.39 Å². The van der Waals surface area contributed by atoms with Crippen LogP contribution in [0, 0.1) is 17.1 Å². The molecule has 0 bridgehead atoms. The lowest BCUT2D eigenvalue weighted by Crippen LogP contribution is -2.33. The molecule has 20 heavy (non-hydrogen) atoms. The Labute approximate surface area is 117 Å². The number of rotatable bonds is 5. The zero-order chi connectivity index (χ0) is 14.5. The van der Waals surface area contributed by atoms with Crippen molar-refractivity contribution in [3.8, 4) is 6.07 Å². The number of aromatic nitrogens is 2. The van der Waals surface area contributed by atoms with E-state index in [1.165, 1.54) is 6.07 Å². The van der Waals surface area contributed by atoms with E-state index >= 15 is 0 Å². The van der Waals surface area contributed by atoms with Gasteiger partial charge in [-0.25, -0.2) is 4.39 Å². The Morgan fingerprint density at radius 2 is 2.25 bits per heavy atom. The van der Waals surface area contributed by atoms with Gasteiger partial charge in [-0.3, -0.25) is 4.68 Å². The van der Waals surface area contributed by atoms with Gasteiger partial charge in [0, 0.05) is 30.5 Å². The number of nitrogens with one attached hydrogen (secondary N) is 1. The molecule has 0 amide bonds. The van der Waals surface area contributed by atoms with Crippen molar-refractivity contribution in [1.82, 2.24) is 15.1 Å². The molecule has 1 aromatic heterocycles. The van der Waals surface area contributed by atoms with Crippen molar-refractivity contribution >= 4 is 0 Å².